The van der Waals surface area contributed by atoms with Crippen molar-refractivity contribution in [2.45, 2.75) is 33.1 Å². The molecule has 6 nitrogen and oxygen atoms in total. The summed E-state index contributed by atoms with van der Waals surface area (Å²) in [6.07, 6.45) is 0.627. The Balaban J connectivity index is 1.81. The van der Waals surface area contributed by atoms with Crippen molar-refractivity contribution in [3.8, 4) is 10.6 Å². The number of aromatic nitrogens is 1. The third kappa shape index (κ3) is 3.91. The second-order valence-corrected chi connectivity index (χ2v) is 8.74. The number of thiophene rings is 1. The summed E-state index contributed by atoms with van der Waals surface area (Å²) in [6.45, 7) is 4.81. The first-order chi connectivity index (χ1) is 11.9. The van der Waals surface area contributed by atoms with Gasteiger partial charge < -0.3 is 15.2 Å². The monoisotopic (exact) mass is 380 g/mol. The standard InChI is InChI=1S/C17H20N2O4S2/c1-10-3-4-12(24-10)14-11(2)25-16(18-14)19-15(22)17(9-13(20)21)5-7-23-8-6-17/h3-4H,5-9H2,1-2H3,(H,20,21)(H,18,19,22). The second kappa shape index (κ2) is 7.23. The number of nitrogens with one attached hydrogen (secondary N) is 1. The van der Waals surface area contributed by atoms with Gasteiger partial charge in [0, 0.05) is 23.0 Å². The summed E-state index contributed by atoms with van der Waals surface area (Å²) in [5.74, 6) is -1.25. The van der Waals surface area contributed by atoms with Crippen LogP contribution in [0.4, 0.5) is 5.13 Å². The highest BCUT2D eigenvalue weighted by molar-refractivity contribution is 7.18. The number of aryl methyl sites for hydroxylation is 2. The van der Waals surface area contributed by atoms with Gasteiger partial charge in [-0.2, -0.15) is 0 Å². The van der Waals surface area contributed by atoms with Crippen molar-refractivity contribution < 1.29 is 19.4 Å². The third-order valence-corrected chi connectivity index (χ3v) is 6.31. The van der Waals surface area contributed by atoms with Crippen LogP contribution in [0.1, 0.15) is 29.0 Å². The van der Waals surface area contributed by atoms with Gasteiger partial charge in [-0.05, 0) is 38.8 Å². The Bertz CT molecular complexity index is 790. The molecule has 0 bridgehead atoms. The Morgan fingerprint density at radius 1 is 1.28 bits per heavy atom. The number of hydrogen-bond donors (Lipinski definition) is 2. The summed E-state index contributed by atoms with van der Waals surface area (Å²) in [6, 6.07) is 4.07. The van der Waals surface area contributed by atoms with E-state index >= 15 is 0 Å². The largest absolute Gasteiger partial charge is 0.481 e. The molecule has 3 rings (SSSR count). The first-order valence-corrected chi connectivity index (χ1v) is 9.68. The van der Waals surface area contributed by atoms with Crippen molar-refractivity contribution in [2.75, 3.05) is 18.5 Å². The fraction of sp³-hybridized carbons (Fsp3) is 0.471. The van der Waals surface area contributed by atoms with Crippen molar-refractivity contribution in [1.82, 2.24) is 4.98 Å². The number of carbonyl (C=O) groups excluding carboxylic acids is 1. The van der Waals surface area contributed by atoms with E-state index in [9.17, 15) is 14.7 Å². The van der Waals surface area contributed by atoms with E-state index in [1.54, 1.807) is 11.3 Å². The lowest BCUT2D eigenvalue weighted by Crippen LogP contribution is -2.42. The van der Waals surface area contributed by atoms with Crippen molar-refractivity contribution in [1.29, 1.82) is 0 Å². The molecular weight excluding hydrogens is 360 g/mol. The molecule has 1 fully saturated rings. The SMILES string of the molecule is Cc1ccc(-c2nc(NC(=O)C3(CC(=O)O)CCOCC3)sc2C)s1. The predicted octanol–water partition coefficient (Wildman–Crippen LogP) is 3.70. The highest BCUT2D eigenvalue weighted by Crippen LogP contribution is 2.38. The number of rotatable bonds is 5. The number of thiazole rings is 1. The number of nitrogens with zero attached hydrogens (tertiary/aromatic N) is 1. The molecule has 1 saturated heterocycles. The number of anilines is 1. The minimum atomic E-state index is -0.970. The Kier molecular flexibility index (Phi) is 5.21. The molecule has 0 spiro atoms. The van der Waals surface area contributed by atoms with Gasteiger partial charge in [-0.15, -0.1) is 22.7 Å². The summed E-state index contributed by atoms with van der Waals surface area (Å²) in [7, 11) is 0. The van der Waals surface area contributed by atoms with Gasteiger partial charge >= 0.3 is 5.97 Å². The van der Waals surface area contributed by atoms with Gasteiger partial charge in [-0.3, -0.25) is 9.59 Å². The highest BCUT2D eigenvalue weighted by atomic mass is 32.1. The van der Waals surface area contributed by atoms with E-state index in [1.165, 1.54) is 16.2 Å². The maximum atomic E-state index is 12.8. The molecular formula is C17H20N2O4S2. The first-order valence-electron chi connectivity index (χ1n) is 8.05. The van der Waals surface area contributed by atoms with Crippen LogP contribution in [-0.4, -0.2) is 35.2 Å². The topological polar surface area (TPSA) is 88.5 Å². The van der Waals surface area contributed by atoms with Gasteiger partial charge in [0.2, 0.25) is 5.91 Å². The molecule has 0 unspecified atom stereocenters. The highest BCUT2D eigenvalue weighted by Gasteiger charge is 2.42. The fourth-order valence-electron chi connectivity index (χ4n) is 3.01. The average Bonchev–Trinajstić information content (AvgIpc) is 3.13. The number of carboxylic acids is 1. The van der Waals surface area contributed by atoms with E-state index in [-0.39, 0.29) is 12.3 Å². The van der Waals surface area contributed by atoms with Crippen LogP contribution in [0.25, 0.3) is 10.6 Å². The minimum Gasteiger partial charge on any atom is -0.481 e. The smallest absolute Gasteiger partial charge is 0.304 e. The van der Waals surface area contributed by atoms with Crippen LogP contribution >= 0.6 is 22.7 Å². The Morgan fingerprint density at radius 2 is 2.00 bits per heavy atom. The van der Waals surface area contributed by atoms with Crippen LogP contribution in [0.15, 0.2) is 12.1 Å². The van der Waals surface area contributed by atoms with Crippen molar-refractivity contribution >= 4 is 39.7 Å². The molecule has 0 saturated carbocycles. The molecule has 134 valence electrons. The molecule has 3 heterocycles. The van der Waals surface area contributed by atoms with Crippen LogP contribution in [0.3, 0.4) is 0 Å². The molecule has 2 N–H and O–H groups in total. The van der Waals surface area contributed by atoms with Crippen LogP contribution in [0.5, 0.6) is 0 Å². The molecule has 2 aromatic rings. The summed E-state index contributed by atoms with van der Waals surface area (Å²) >= 11 is 3.07. The van der Waals surface area contributed by atoms with E-state index in [4.69, 9.17) is 4.74 Å². The van der Waals surface area contributed by atoms with E-state index in [0.29, 0.717) is 31.2 Å². The van der Waals surface area contributed by atoms with Crippen LogP contribution in [0, 0.1) is 19.3 Å². The van der Waals surface area contributed by atoms with Gasteiger partial charge in [0.1, 0.15) is 0 Å². The molecule has 0 radical (unpaired) electrons. The van der Waals surface area contributed by atoms with Gasteiger partial charge in [0.25, 0.3) is 0 Å². The first kappa shape index (κ1) is 18.0. The van der Waals surface area contributed by atoms with E-state index in [2.05, 4.69) is 10.3 Å². The Labute approximate surface area is 153 Å². The fourth-order valence-corrected chi connectivity index (χ4v) is 4.81. The molecule has 8 heteroatoms. The van der Waals surface area contributed by atoms with Crippen molar-refractivity contribution in [3.63, 3.8) is 0 Å². The Morgan fingerprint density at radius 3 is 2.60 bits per heavy atom. The lowest BCUT2D eigenvalue weighted by molar-refractivity contribution is -0.147. The Hall–Kier alpha value is -1.77. The van der Waals surface area contributed by atoms with Crippen LogP contribution in [-0.2, 0) is 14.3 Å². The van der Waals surface area contributed by atoms with Gasteiger partial charge in [-0.1, -0.05) is 0 Å². The molecule has 2 aromatic heterocycles. The van der Waals surface area contributed by atoms with Crippen LogP contribution < -0.4 is 5.32 Å². The van der Waals surface area contributed by atoms with E-state index < -0.39 is 11.4 Å². The summed E-state index contributed by atoms with van der Waals surface area (Å²) < 4.78 is 5.31. The summed E-state index contributed by atoms with van der Waals surface area (Å²) in [5, 5.41) is 12.6. The summed E-state index contributed by atoms with van der Waals surface area (Å²) in [4.78, 5) is 31.9. The molecule has 1 aliphatic rings. The lowest BCUT2D eigenvalue weighted by Gasteiger charge is -2.34. The van der Waals surface area contributed by atoms with Crippen molar-refractivity contribution in [2.24, 2.45) is 5.41 Å². The number of hydrogen-bond acceptors (Lipinski definition) is 6. The van der Waals surface area contributed by atoms with E-state index in [0.717, 1.165) is 15.4 Å². The number of carbonyl (C=O) groups is 2. The molecule has 0 aromatic carbocycles. The summed E-state index contributed by atoms with van der Waals surface area (Å²) in [5.41, 5.74) is -0.0544. The van der Waals surface area contributed by atoms with Gasteiger partial charge in [0.05, 0.1) is 22.4 Å². The number of carboxylic acid groups (broad SMARTS) is 1. The maximum Gasteiger partial charge on any atom is 0.304 e. The van der Waals surface area contributed by atoms with Crippen LogP contribution in [0.2, 0.25) is 0 Å². The third-order valence-electron chi connectivity index (χ3n) is 4.41. The molecule has 0 atom stereocenters. The average molecular weight is 380 g/mol. The van der Waals surface area contributed by atoms with Crippen molar-refractivity contribution in [3.05, 3.63) is 21.9 Å². The molecule has 1 amide bonds. The number of ether oxygens (including phenoxy) is 1. The van der Waals surface area contributed by atoms with Gasteiger partial charge in [-0.25, -0.2) is 4.98 Å². The van der Waals surface area contributed by atoms with E-state index in [1.807, 2.05) is 26.0 Å². The maximum absolute atomic E-state index is 12.8. The zero-order valence-corrected chi connectivity index (χ0v) is 15.8. The minimum absolute atomic E-state index is 0.191. The molecule has 1 aliphatic heterocycles. The quantitative estimate of drug-likeness (QED) is 0.826. The van der Waals surface area contributed by atoms with Gasteiger partial charge in [0.15, 0.2) is 5.13 Å². The molecule has 25 heavy (non-hydrogen) atoms. The zero-order chi connectivity index (χ0) is 18.0. The zero-order valence-electron chi connectivity index (χ0n) is 14.1. The number of aliphatic carboxylic acids is 1. The molecule has 0 aliphatic carbocycles. The number of amides is 1. The second-order valence-electron chi connectivity index (χ2n) is 6.25. The lowest BCUT2D eigenvalue weighted by atomic mass is 9.76. The predicted molar refractivity (Wildman–Crippen MR) is 98.3 cm³/mol. The normalized spacial score (nSPS) is 16.6.